The fraction of sp³-hybridized carbons (Fsp3) is 0.417. The highest BCUT2D eigenvalue weighted by molar-refractivity contribution is 7.09. The third-order valence-corrected chi connectivity index (χ3v) is 3.49. The van der Waals surface area contributed by atoms with Crippen LogP contribution in [0.2, 0.25) is 0 Å². The van der Waals surface area contributed by atoms with Gasteiger partial charge < -0.3 is 15.3 Å². The van der Waals surface area contributed by atoms with Crippen LogP contribution >= 0.6 is 11.3 Å². The number of aliphatic carboxylic acids is 1. The van der Waals surface area contributed by atoms with Crippen molar-refractivity contribution in [2.45, 2.75) is 25.9 Å². The minimum atomic E-state index is -1.07. The molecule has 7 heteroatoms. The van der Waals surface area contributed by atoms with Gasteiger partial charge in [0.05, 0.1) is 17.7 Å². The van der Waals surface area contributed by atoms with Gasteiger partial charge in [0.1, 0.15) is 6.04 Å². The summed E-state index contributed by atoms with van der Waals surface area (Å²) in [6.45, 7) is 5.75. The van der Waals surface area contributed by atoms with Crippen molar-refractivity contribution in [2.24, 2.45) is 0 Å². The molecule has 0 radical (unpaired) electrons. The number of carbonyl (C=O) groups excluding carboxylic acids is 1. The van der Waals surface area contributed by atoms with E-state index in [2.05, 4.69) is 16.9 Å². The Balaban J connectivity index is 2.59. The fourth-order valence-corrected chi connectivity index (χ4v) is 2.24. The Morgan fingerprint density at radius 1 is 1.68 bits per heavy atom. The number of hydrogen-bond donors (Lipinski definition) is 2. The molecule has 0 spiro atoms. The van der Waals surface area contributed by atoms with Gasteiger partial charge in [-0.25, -0.2) is 14.6 Å². The molecule has 0 saturated carbocycles. The van der Waals surface area contributed by atoms with E-state index in [9.17, 15) is 9.59 Å². The zero-order valence-corrected chi connectivity index (χ0v) is 11.7. The highest BCUT2D eigenvalue weighted by atomic mass is 32.1. The number of rotatable bonds is 6. The molecule has 1 heterocycles. The highest BCUT2D eigenvalue weighted by Crippen LogP contribution is 2.14. The van der Waals surface area contributed by atoms with E-state index in [1.165, 1.54) is 22.3 Å². The van der Waals surface area contributed by atoms with E-state index in [-0.39, 0.29) is 6.42 Å². The molecule has 0 aliphatic heterocycles. The van der Waals surface area contributed by atoms with Crippen molar-refractivity contribution in [3.63, 3.8) is 0 Å². The second kappa shape index (κ2) is 6.89. The van der Waals surface area contributed by atoms with E-state index >= 15 is 0 Å². The molecule has 19 heavy (non-hydrogen) atoms. The minimum Gasteiger partial charge on any atom is -0.480 e. The average Bonchev–Trinajstić information content (AvgIpc) is 2.74. The van der Waals surface area contributed by atoms with E-state index in [0.717, 1.165) is 10.6 Å². The van der Waals surface area contributed by atoms with Gasteiger partial charge in [0.2, 0.25) is 0 Å². The lowest BCUT2D eigenvalue weighted by atomic mass is 10.2. The number of amides is 2. The van der Waals surface area contributed by atoms with Gasteiger partial charge >= 0.3 is 12.0 Å². The molecular weight excluding hydrogens is 266 g/mol. The summed E-state index contributed by atoms with van der Waals surface area (Å²) in [6.07, 6.45) is 1.65. The summed E-state index contributed by atoms with van der Waals surface area (Å²) in [6, 6.07) is -1.38. The molecular formula is C12H17N3O3S. The van der Waals surface area contributed by atoms with E-state index < -0.39 is 18.0 Å². The molecule has 0 aliphatic carbocycles. The Bertz CT molecular complexity index is 473. The molecule has 2 amide bonds. The van der Waals surface area contributed by atoms with Crippen LogP contribution in [0.25, 0.3) is 0 Å². The summed E-state index contributed by atoms with van der Waals surface area (Å²) < 4.78 is 0. The monoisotopic (exact) mass is 283 g/mol. The van der Waals surface area contributed by atoms with Crippen molar-refractivity contribution in [1.82, 2.24) is 15.2 Å². The molecule has 1 aromatic heterocycles. The van der Waals surface area contributed by atoms with Crippen molar-refractivity contribution in [3.8, 4) is 0 Å². The van der Waals surface area contributed by atoms with Gasteiger partial charge in [0.25, 0.3) is 0 Å². The van der Waals surface area contributed by atoms with Gasteiger partial charge in [-0.3, -0.25) is 0 Å². The molecule has 0 aromatic carbocycles. The van der Waals surface area contributed by atoms with E-state index in [1.807, 2.05) is 6.92 Å². The van der Waals surface area contributed by atoms with Gasteiger partial charge in [-0.15, -0.1) is 17.9 Å². The molecule has 1 unspecified atom stereocenters. The molecule has 2 N–H and O–H groups in total. The van der Waals surface area contributed by atoms with Crippen LogP contribution in [0.15, 0.2) is 18.2 Å². The molecule has 6 nitrogen and oxygen atoms in total. The first-order valence-electron chi connectivity index (χ1n) is 5.70. The zero-order chi connectivity index (χ0) is 14.4. The van der Waals surface area contributed by atoms with Crippen LogP contribution in [-0.2, 0) is 11.3 Å². The summed E-state index contributed by atoms with van der Waals surface area (Å²) in [5.74, 6) is -1.07. The Labute approximate surface area is 115 Å². The maximum atomic E-state index is 11.9. The molecule has 1 aromatic rings. The number of nitrogens with zero attached hydrogens (tertiary/aromatic N) is 2. The largest absolute Gasteiger partial charge is 0.480 e. The van der Waals surface area contributed by atoms with Crippen LogP contribution in [0.4, 0.5) is 4.79 Å². The number of urea groups is 1. The second-order valence-electron chi connectivity index (χ2n) is 4.08. The standard InChI is InChI=1S/C12H17N3O3S/c1-4-5-9(11(16)17)14-12(18)15(3)6-10-8(2)13-7-19-10/h4,7,9H,1,5-6H2,2-3H3,(H,14,18)(H,16,17). The number of carboxylic acid groups (broad SMARTS) is 1. The maximum Gasteiger partial charge on any atom is 0.326 e. The van der Waals surface area contributed by atoms with Crippen molar-refractivity contribution < 1.29 is 14.7 Å². The van der Waals surface area contributed by atoms with Crippen LogP contribution in [0, 0.1) is 6.92 Å². The first-order chi connectivity index (χ1) is 8.95. The quantitative estimate of drug-likeness (QED) is 0.777. The number of carboxylic acids is 1. The van der Waals surface area contributed by atoms with Crippen LogP contribution < -0.4 is 5.32 Å². The van der Waals surface area contributed by atoms with Crippen molar-refractivity contribution in [3.05, 3.63) is 28.7 Å². The van der Waals surface area contributed by atoms with Crippen LogP contribution in [0.3, 0.4) is 0 Å². The number of nitrogens with one attached hydrogen (secondary N) is 1. The molecule has 104 valence electrons. The predicted molar refractivity (Wildman–Crippen MR) is 73.1 cm³/mol. The normalized spacial score (nSPS) is 11.7. The van der Waals surface area contributed by atoms with Crippen LogP contribution in [0.1, 0.15) is 17.0 Å². The molecule has 1 rings (SSSR count). The Hall–Kier alpha value is -1.89. The number of carbonyl (C=O) groups is 2. The third-order valence-electron chi connectivity index (χ3n) is 2.57. The Kier molecular flexibility index (Phi) is 5.50. The van der Waals surface area contributed by atoms with Gasteiger partial charge in [0.15, 0.2) is 0 Å². The average molecular weight is 283 g/mol. The van der Waals surface area contributed by atoms with Crippen LogP contribution in [0.5, 0.6) is 0 Å². The van der Waals surface area contributed by atoms with Gasteiger partial charge in [-0.2, -0.15) is 0 Å². The van der Waals surface area contributed by atoms with Crippen molar-refractivity contribution in [1.29, 1.82) is 0 Å². The van der Waals surface area contributed by atoms with E-state index in [0.29, 0.717) is 6.54 Å². The minimum absolute atomic E-state index is 0.189. The van der Waals surface area contributed by atoms with Gasteiger partial charge in [-0.1, -0.05) is 6.08 Å². The van der Waals surface area contributed by atoms with Crippen LogP contribution in [-0.4, -0.2) is 40.1 Å². The molecule has 0 saturated heterocycles. The molecule has 0 fully saturated rings. The van der Waals surface area contributed by atoms with Gasteiger partial charge in [0, 0.05) is 11.9 Å². The van der Waals surface area contributed by atoms with E-state index in [1.54, 1.807) is 12.6 Å². The van der Waals surface area contributed by atoms with E-state index in [4.69, 9.17) is 5.11 Å². The maximum absolute atomic E-state index is 11.9. The summed E-state index contributed by atoms with van der Waals surface area (Å²) in [5.41, 5.74) is 2.60. The predicted octanol–water partition coefficient (Wildman–Crippen LogP) is 1.62. The summed E-state index contributed by atoms with van der Waals surface area (Å²) in [5, 5.41) is 11.4. The lowest BCUT2D eigenvalue weighted by Gasteiger charge is -2.20. The number of aryl methyl sites for hydroxylation is 1. The second-order valence-corrected chi connectivity index (χ2v) is 5.02. The summed E-state index contributed by atoms with van der Waals surface area (Å²) in [4.78, 5) is 29.3. The zero-order valence-electron chi connectivity index (χ0n) is 10.9. The molecule has 0 bridgehead atoms. The number of thiazole rings is 1. The molecule has 0 aliphatic rings. The van der Waals surface area contributed by atoms with Crippen molar-refractivity contribution in [2.75, 3.05) is 7.05 Å². The topological polar surface area (TPSA) is 82.5 Å². The van der Waals surface area contributed by atoms with Crippen molar-refractivity contribution >= 4 is 23.3 Å². The molecule has 1 atom stereocenters. The smallest absolute Gasteiger partial charge is 0.326 e. The Morgan fingerprint density at radius 3 is 2.84 bits per heavy atom. The first kappa shape index (κ1) is 15.2. The van der Waals surface area contributed by atoms with Gasteiger partial charge in [-0.05, 0) is 13.3 Å². The lowest BCUT2D eigenvalue weighted by Crippen LogP contribution is -2.46. The highest BCUT2D eigenvalue weighted by Gasteiger charge is 2.20. The SMILES string of the molecule is C=CCC(NC(=O)N(C)Cc1scnc1C)C(=O)O. The number of hydrogen-bond acceptors (Lipinski definition) is 4. The number of aromatic nitrogens is 1. The summed E-state index contributed by atoms with van der Waals surface area (Å²) >= 11 is 1.47. The Morgan fingerprint density at radius 2 is 2.37 bits per heavy atom. The lowest BCUT2D eigenvalue weighted by molar-refractivity contribution is -0.139. The summed E-state index contributed by atoms with van der Waals surface area (Å²) in [7, 11) is 1.61. The fourth-order valence-electron chi connectivity index (χ4n) is 1.41. The first-order valence-corrected chi connectivity index (χ1v) is 6.58. The third kappa shape index (κ3) is 4.36.